The van der Waals surface area contributed by atoms with E-state index >= 15 is 0 Å². The molecular formula is C16H20FN3O2. The predicted molar refractivity (Wildman–Crippen MR) is 80.2 cm³/mol. The third-order valence-electron chi connectivity index (χ3n) is 3.82. The van der Waals surface area contributed by atoms with Crippen molar-refractivity contribution >= 4 is 0 Å². The SMILES string of the molecule is Cc1cccc(CN[C@H]2COC[C@H]2Oc2cnn(C)c2)c1F. The Bertz CT molecular complexity index is 644. The van der Waals surface area contributed by atoms with E-state index in [-0.39, 0.29) is 18.0 Å². The van der Waals surface area contributed by atoms with Crippen LogP contribution in [0.25, 0.3) is 0 Å². The van der Waals surface area contributed by atoms with Crippen molar-refractivity contribution in [3.05, 3.63) is 47.5 Å². The molecule has 3 rings (SSSR count). The van der Waals surface area contributed by atoms with Crippen molar-refractivity contribution in [3.8, 4) is 5.75 Å². The molecular weight excluding hydrogens is 285 g/mol. The number of aromatic nitrogens is 2. The van der Waals surface area contributed by atoms with Crippen LogP contribution in [0.4, 0.5) is 4.39 Å². The highest BCUT2D eigenvalue weighted by Crippen LogP contribution is 2.17. The van der Waals surface area contributed by atoms with Crippen molar-refractivity contribution in [1.29, 1.82) is 0 Å². The van der Waals surface area contributed by atoms with Crippen LogP contribution in [0, 0.1) is 12.7 Å². The highest BCUT2D eigenvalue weighted by atomic mass is 19.1. The van der Waals surface area contributed by atoms with Crippen LogP contribution in [-0.4, -0.2) is 35.1 Å². The van der Waals surface area contributed by atoms with Gasteiger partial charge in [0.25, 0.3) is 0 Å². The van der Waals surface area contributed by atoms with Crippen LogP contribution in [-0.2, 0) is 18.3 Å². The van der Waals surface area contributed by atoms with Crippen LogP contribution in [0.2, 0.25) is 0 Å². The number of nitrogens with zero attached hydrogens (tertiary/aromatic N) is 2. The van der Waals surface area contributed by atoms with E-state index in [1.165, 1.54) is 0 Å². The molecule has 6 heteroatoms. The first-order valence-corrected chi connectivity index (χ1v) is 7.34. The summed E-state index contributed by atoms with van der Waals surface area (Å²) in [4.78, 5) is 0. The topological polar surface area (TPSA) is 48.3 Å². The second-order valence-electron chi connectivity index (χ2n) is 5.58. The van der Waals surface area contributed by atoms with E-state index in [0.717, 1.165) is 0 Å². The fourth-order valence-corrected chi connectivity index (χ4v) is 2.56. The standard InChI is InChI=1S/C16H20FN3O2/c1-11-4-3-5-12(16(11)17)6-18-14-9-21-10-15(14)22-13-7-19-20(2)8-13/h3-5,7-8,14-15,18H,6,9-10H2,1-2H3/t14-,15+/m0/s1. The average molecular weight is 305 g/mol. The lowest BCUT2D eigenvalue weighted by atomic mass is 10.1. The summed E-state index contributed by atoms with van der Waals surface area (Å²) < 4.78 is 27.1. The Morgan fingerprint density at radius 2 is 2.32 bits per heavy atom. The first kappa shape index (κ1) is 15.0. The van der Waals surface area contributed by atoms with E-state index in [0.29, 0.717) is 36.6 Å². The zero-order chi connectivity index (χ0) is 15.5. The molecule has 2 aromatic rings. The first-order valence-electron chi connectivity index (χ1n) is 7.34. The number of hydrogen-bond donors (Lipinski definition) is 1. The van der Waals surface area contributed by atoms with Crippen molar-refractivity contribution in [2.45, 2.75) is 25.6 Å². The predicted octanol–water partition coefficient (Wildman–Crippen LogP) is 1.80. The van der Waals surface area contributed by atoms with Gasteiger partial charge < -0.3 is 14.8 Å². The van der Waals surface area contributed by atoms with E-state index in [4.69, 9.17) is 9.47 Å². The van der Waals surface area contributed by atoms with Gasteiger partial charge in [-0.3, -0.25) is 4.68 Å². The minimum absolute atomic E-state index is 0.0279. The van der Waals surface area contributed by atoms with Gasteiger partial charge in [0.15, 0.2) is 5.75 Å². The minimum Gasteiger partial charge on any atom is -0.483 e. The summed E-state index contributed by atoms with van der Waals surface area (Å²) >= 11 is 0. The average Bonchev–Trinajstić information content (AvgIpc) is 3.10. The zero-order valence-corrected chi connectivity index (χ0v) is 12.8. The molecule has 1 aliphatic rings. The molecule has 1 fully saturated rings. The lowest BCUT2D eigenvalue weighted by molar-refractivity contribution is 0.139. The summed E-state index contributed by atoms with van der Waals surface area (Å²) in [6, 6.07) is 5.46. The van der Waals surface area contributed by atoms with Crippen LogP contribution in [0.1, 0.15) is 11.1 Å². The molecule has 1 aliphatic heterocycles. The van der Waals surface area contributed by atoms with E-state index in [1.807, 2.05) is 19.3 Å². The Labute approximate surface area is 129 Å². The lowest BCUT2D eigenvalue weighted by Gasteiger charge is -2.20. The van der Waals surface area contributed by atoms with Gasteiger partial charge in [-0.15, -0.1) is 0 Å². The first-order chi connectivity index (χ1) is 10.6. The molecule has 0 aliphatic carbocycles. The highest BCUT2D eigenvalue weighted by Gasteiger charge is 2.30. The second kappa shape index (κ2) is 6.46. The van der Waals surface area contributed by atoms with Gasteiger partial charge in [0, 0.05) is 19.2 Å². The van der Waals surface area contributed by atoms with E-state index < -0.39 is 0 Å². The summed E-state index contributed by atoms with van der Waals surface area (Å²) in [5, 5.41) is 7.41. The number of rotatable bonds is 5. The molecule has 1 aromatic heterocycles. The summed E-state index contributed by atoms with van der Waals surface area (Å²) in [5.74, 6) is 0.560. The largest absolute Gasteiger partial charge is 0.483 e. The van der Waals surface area contributed by atoms with Crippen molar-refractivity contribution in [1.82, 2.24) is 15.1 Å². The van der Waals surface area contributed by atoms with Crippen LogP contribution in [0.5, 0.6) is 5.75 Å². The Hall–Kier alpha value is -1.92. The van der Waals surface area contributed by atoms with Crippen molar-refractivity contribution in [2.75, 3.05) is 13.2 Å². The van der Waals surface area contributed by atoms with Gasteiger partial charge in [-0.25, -0.2) is 4.39 Å². The van der Waals surface area contributed by atoms with Crippen LogP contribution < -0.4 is 10.1 Å². The minimum atomic E-state index is -0.154. The zero-order valence-electron chi connectivity index (χ0n) is 12.8. The molecule has 0 bridgehead atoms. The number of aryl methyl sites for hydroxylation is 2. The summed E-state index contributed by atoms with van der Waals surface area (Å²) in [6.07, 6.45) is 3.39. The lowest BCUT2D eigenvalue weighted by Crippen LogP contribution is -2.41. The second-order valence-corrected chi connectivity index (χ2v) is 5.58. The Kier molecular flexibility index (Phi) is 4.40. The van der Waals surface area contributed by atoms with Gasteiger partial charge in [-0.1, -0.05) is 18.2 Å². The van der Waals surface area contributed by atoms with Gasteiger partial charge in [-0.2, -0.15) is 5.10 Å². The highest BCUT2D eigenvalue weighted by molar-refractivity contribution is 5.24. The number of ether oxygens (including phenoxy) is 2. The van der Waals surface area contributed by atoms with Gasteiger partial charge in [0.1, 0.15) is 11.9 Å². The van der Waals surface area contributed by atoms with Crippen molar-refractivity contribution in [3.63, 3.8) is 0 Å². The van der Waals surface area contributed by atoms with Gasteiger partial charge in [0.2, 0.25) is 0 Å². The van der Waals surface area contributed by atoms with E-state index in [9.17, 15) is 4.39 Å². The summed E-state index contributed by atoms with van der Waals surface area (Å²) in [5.41, 5.74) is 1.32. The molecule has 0 unspecified atom stereocenters. The van der Waals surface area contributed by atoms with Gasteiger partial charge in [0.05, 0.1) is 31.6 Å². The number of halogens is 1. The smallest absolute Gasteiger partial charge is 0.157 e. The van der Waals surface area contributed by atoms with Crippen LogP contribution in [0.15, 0.2) is 30.6 Å². The fraction of sp³-hybridized carbons (Fsp3) is 0.438. The van der Waals surface area contributed by atoms with E-state index in [1.54, 1.807) is 29.9 Å². The van der Waals surface area contributed by atoms with Crippen LogP contribution >= 0.6 is 0 Å². The molecule has 0 amide bonds. The Morgan fingerprint density at radius 1 is 1.45 bits per heavy atom. The molecule has 1 aromatic carbocycles. The quantitative estimate of drug-likeness (QED) is 0.915. The third kappa shape index (κ3) is 3.28. The summed E-state index contributed by atoms with van der Waals surface area (Å²) in [7, 11) is 1.84. The normalized spacial score (nSPS) is 21.2. The van der Waals surface area contributed by atoms with Gasteiger partial charge in [-0.05, 0) is 12.5 Å². The number of hydrogen-bond acceptors (Lipinski definition) is 4. The summed E-state index contributed by atoms with van der Waals surface area (Å²) in [6.45, 7) is 3.29. The molecule has 2 heterocycles. The molecule has 2 atom stereocenters. The third-order valence-corrected chi connectivity index (χ3v) is 3.82. The van der Waals surface area contributed by atoms with Crippen molar-refractivity contribution in [2.24, 2.45) is 7.05 Å². The molecule has 0 radical (unpaired) electrons. The maximum Gasteiger partial charge on any atom is 0.157 e. The Morgan fingerprint density at radius 3 is 3.09 bits per heavy atom. The molecule has 1 saturated heterocycles. The molecule has 22 heavy (non-hydrogen) atoms. The van der Waals surface area contributed by atoms with Crippen molar-refractivity contribution < 1.29 is 13.9 Å². The molecule has 0 spiro atoms. The maximum absolute atomic E-state index is 14.0. The monoisotopic (exact) mass is 305 g/mol. The molecule has 5 nitrogen and oxygen atoms in total. The number of benzene rings is 1. The molecule has 118 valence electrons. The van der Waals surface area contributed by atoms with E-state index in [2.05, 4.69) is 10.4 Å². The van der Waals surface area contributed by atoms with Gasteiger partial charge >= 0.3 is 0 Å². The maximum atomic E-state index is 14.0. The molecule has 0 saturated carbocycles. The number of nitrogens with one attached hydrogen (secondary N) is 1. The van der Waals surface area contributed by atoms with Crippen LogP contribution in [0.3, 0.4) is 0 Å². The molecule has 1 N–H and O–H groups in total. The fourth-order valence-electron chi connectivity index (χ4n) is 2.56. The Balaban J connectivity index is 1.60.